The number of nitrogens with zero attached hydrogens (tertiary/aromatic N) is 1. The normalized spacial score (nSPS) is 22.8. The van der Waals surface area contributed by atoms with Crippen LogP contribution in [0, 0.1) is 17.7 Å². The van der Waals surface area contributed by atoms with Crippen molar-refractivity contribution in [2.24, 2.45) is 17.6 Å². The van der Waals surface area contributed by atoms with Gasteiger partial charge in [-0.25, -0.2) is 17.1 Å². The van der Waals surface area contributed by atoms with E-state index < -0.39 is 15.8 Å². The quantitative estimate of drug-likeness (QED) is 0.893. The fraction of sp³-hybridized carbons (Fsp3) is 0.538. The number of rotatable bonds is 5. The predicted octanol–water partition coefficient (Wildman–Crippen LogP) is 1.56. The minimum Gasteiger partial charge on any atom is -0.326 e. The minimum absolute atomic E-state index is 0.0224. The topological polar surface area (TPSA) is 63.4 Å². The van der Waals surface area contributed by atoms with Gasteiger partial charge in [0.15, 0.2) is 0 Å². The summed E-state index contributed by atoms with van der Waals surface area (Å²) in [6.45, 7) is 2.64. The van der Waals surface area contributed by atoms with Gasteiger partial charge < -0.3 is 5.73 Å². The van der Waals surface area contributed by atoms with Crippen molar-refractivity contribution in [3.63, 3.8) is 0 Å². The molecule has 2 atom stereocenters. The lowest BCUT2D eigenvalue weighted by Gasteiger charge is -2.19. The average molecular weight is 286 g/mol. The number of halogens is 1. The molecular formula is C13H19FN2O2S. The second kappa shape index (κ2) is 5.19. The Morgan fingerprint density at radius 3 is 2.63 bits per heavy atom. The highest BCUT2D eigenvalue weighted by molar-refractivity contribution is 7.89. The van der Waals surface area contributed by atoms with Crippen LogP contribution < -0.4 is 5.73 Å². The molecule has 19 heavy (non-hydrogen) atoms. The van der Waals surface area contributed by atoms with Crippen molar-refractivity contribution in [3.05, 3.63) is 29.6 Å². The average Bonchev–Trinajstić information content (AvgIpc) is 3.04. The Morgan fingerprint density at radius 1 is 1.47 bits per heavy atom. The van der Waals surface area contributed by atoms with Crippen molar-refractivity contribution in [1.82, 2.24) is 4.31 Å². The highest BCUT2D eigenvalue weighted by Crippen LogP contribution is 2.38. The largest absolute Gasteiger partial charge is 0.326 e. The van der Waals surface area contributed by atoms with Crippen LogP contribution in [0.5, 0.6) is 0 Å². The van der Waals surface area contributed by atoms with Crippen LogP contribution in [-0.4, -0.2) is 26.3 Å². The molecule has 1 aromatic rings. The summed E-state index contributed by atoms with van der Waals surface area (Å²) in [5.74, 6) is 0.415. The third kappa shape index (κ3) is 2.96. The molecule has 106 valence electrons. The number of hydrogen-bond donors (Lipinski definition) is 1. The first-order chi connectivity index (χ1) is 8.86. The van der Waals surface area contributed by atoms with Crippen LogP contribution in [0.1, 0.15) is 18.9 Å². The van der Waals surface area contributed by atoms with Crippen molar-refractivity contribution < 1.29 is 12.8 Å². The molecule has 1 aliphatic carbocycles. The molecule has 1 aliphatic rings. The molecule has 0 aliphatic heterocycles. The van der Waals surface area contributed by atoms with Gasteiger partial charge in [-0.15, -0.1) is 0 Å². The van der Waals surface area contributed by atoms with E-state index >= 15 is 0 Å². The molecule has 0 bridgehead atoms. The van der Waals surface area contributed by atoms with Gasteiger partial charge in [-0.3, -0.25) is 0 Å². The van der Waals surface area contributed by atoms with Gasteiger partial charge in [0.1, 0.15) is 5.82 Å². The van der Waals surface area contributed by atoms with Gasteiger partial charge in [0.05, 0.1) is 4.90 Å². The summed E-state index contributed by atoms with van der Waals surface area (Å²) in [6.07, 6.45) is 1.05. The maximum Gasteiger partial charge on any atom is 0.243 e. The van der Waals surface area contributed by atoms with E-state index in [2.05, 4.69) is 6.92 Å². The highest BCUT2D eigenvalue weighted by atomic mass is 32.2. The van der Waals surface area contributed by atoms with Crippen LogP contribution in [0.25, 0.3) is 0 Å². The third-order valence-electron chi connectivity index (χ3n) is 3.71. The van der Waals surface area contributed by atoms with Gasteiger partial charge >= 0.3 is 0 Å². The first kappa shape index (κ1) is 14.4. The molecule has 4 nitrogen and oxygen atoms in total. The molecule has 0 radical (unpaired) electrons. The molecule has 6 heteroatoms. The standard InChI is InChI=1S/C13H19FN2O2S/c1-9-5-11(9)8-16(2)19(17,18)13-6-12(14)4-3-10(13)7-15/h3-4,6,9,11H,5,7-8,15H2,1-2H3. The van der Waals surface area contributed by atoms with Crippen LogP contribution in [0.15, 0.2) is 23.1 Å². The van der Waals surface area contributed by atoms with Gasteiger partial charge in [0.2, 0.25) is 10.0 Å². The maximum absolute atomic E-state index is 13.3. The van der Waals surface area contributed by atoms with E-state index in [1.807, 2.05) is 0 Å². The van der Waals surface area contributed by atoms with E-state index in [9.17, 15) is 12.8 Å². The molecule has 0 amide bonds. The Bertz CT molecular complexity index is 574. The zero-order valence-corrected chi connectivity index (χ0v) is 12.0. The van der Waals surface area contributed by atoms with E-state index in [1.54, 1.807) is 0 Å². The van der Waals surface area contributed by atoms with Crippen molar-refractivity contribution in [3.8, 4) is 0 Å². The van der Waals surface area contributed by atoms with Crippen LogP contribution in [0.3, 0.4) is 0 Å². The first-order valence-corrected chi connectivity index (χ1v) is 7.75. The summed E-state index contributed by atoms with van der Waals surface area (Å²) in [7, 11) is -2.14. The van der Waals surface area contributed by atoms with Crippen molar-refractivity contribution in [1.29, 1.82) is 0 Å². The SMILES string of the molecule is CC1CC1CN(C)S(=O)(=O)c1cc(F)ccc1CN. The van der Waals surface area contributed by atoms with E-state index in [-0.39, 0.29) is 11.4 Å². The summed E-state index contributed by atoms with van der Waals surface area (Å²) in [6, 6.07) is 3.70. The van der Waals surface area contributed by atoms with Gasteiger partial charge in [-0.1, -0.05) is 13.0 Å². The smallest absolute Gasteiger partial charge is 0.243 e. The Labute approximate surface area is 113 Å². The van der Waals surface area contributed by atoms with Crippen molar-refractivity contribution in [2.75, 3.05) is 13.6 Å². The van der Waals surface area contributed by atoms with Gasteiger partial charge in [-0.2, -0.15) is 0 Å². The summed E-state index contributed by atoms with van der Waals surface area (Å²) < 4.78 is 39.5. The van der Waals surface area contributed by atoms with Crippen molar-refractivity contribution in [2.45, 2.75) is 24.8 Å². The molecule has 0 saturated heterocycles. The Hall–Kier alpha value is -0.980. The lowest BCUT2D eigenvalue weighted by molar-refractivity contribution is 0.443. The third-order valence-corrected chi connectivity index (χ3v) is 5.61. The Kier molecular flexibility index (Phi) is 3.94. The number of hydrogen-bond acceptors (Lipinski definition) is 3. The molecule has 1 saturated carbocycles. The lowest BCUT2D eigenvalue weighted by atomic mass is 10.2. The van der Waals surface area contributed by atoms with E-state index in [4.69, 9.17) is 5.73 Å². The molecule has 2 rings (SSSR count). The second-order valence-corrected chi connectivity index (χ2v) is 7.23. The summed E-state index contributed by atoms with van der Waals surface area (Å²) in [4.78, 5) is -0.0224. The molecule has 1 fully saturated rings. The van der Waals surface area contributed by atoms with Gasteiger partial charge in [0, 0.05) is 20.1 Å². The lowest BCUT2D eigenvalue weighted by Crippen LogP contribution is -2.30. The van der Waals surface area contributed by atoms with E-state index in [0.29, 0.717) is 23.9 Å². The predicted molar refractivity (Wildman–Crippen MR) is 71.4 cm³/mol. The van der Waals surface area contributed by atoms with E-state index in [0.717, 1.165) is 12.5 Å². The van der Waals surface area contributed by atoms with Crippen LogP contribution >= 0.6 is 0 Å². The molecule has 0 aromatic heterocycles. The van der Waals surface area contributed by atoms with Gasteiger partial charge in [0.25, 0.3) is 0 Å². The first-order valence-electron chi connectivity index (χ1n) is 6.31. The number of benzene rings is 1. The molecule has 1 aromatic carbocycles. The molecule has 0 spiro atoms. The van der Waals surface area contributed by atoms with Crippen LogP contribution in [0.2, 0.25) is 0 Å². The molecule has 0 heterocycles. The summed E-state index contributed by atoms with van der Waals surface area (Å²) in [5.41, 5.74) is 5.97. The van der Waals surface area contributed by atoms with Crippen molar-refractivity contribution >= 4 is 10.0 Å². The van der Waals surface area contributed by atoms with Gasteiger partial charge in [-0.05, 0) is 36.0 Å². The molecular weight excluding hydrogens is 267 g/mol. The minimum atomic E-state index is -3.67. The molecule has 2 unspecified atom stereocenters. The van der Waals surface area contributed by atoms with Crippen LogP contribution in [-0.2, 0) is 16.6 Å². The monoisotopic (exact) mass is 286 g/mol. The summed E-state index contributed by atoms with van der Waals surface area (Å²) >= 11 is 0. The van der Waals surface area contributed by atoms with E-state index in [1.165, 1.54) is 23.5 Å². The zero-order chi connectivity index (χ0) is 14.2. The molecule has 2 N–H and O–H groups in total. The number of sulfonamides is 1. The number of nitrogens with two attached hydrogens (primary N) is 1. The Balaban J connectivity index is 2.30. The summed E-state index contributed by atoms with van der Waals surface area (Å²) in [5, 5.41) is 0. The maximum atomic E-state index is 13.3. The second-order valence-electron chi connectivity index (χ2n) is 5.21. The zero-order valence-electron chi connectivity index (χ0n) is 11.1. The Morgan fingerprint density at radius 2 is 2.11 bits per heavy atom. The fourth-order valence-electron chi connectivity index (χ4n) is 2.19. The highest BCUT2D eigenvalue weighted by Gasteiger charge is 2.36. The van der Waals surface area contributed by atoms with Crippen LogP contribution in [0.4, 0.5) is 4.39 Å². The fourth-order valence-corrected chi connectivity index (χ4v) is 3.65.